The SMILES string of the molecule is CC(=O)COCCC(C)C1CCC(C)CC1. The third-order valence-electron chi connectivity index (χ3n) is 3.89. The summed E-state index contributed by atoms with van der Waals surface area (Å²) in [6.45, 7) is 7.29. The number of ether oxygens (including phenoxy) is 1. The monoisotopic (exact) mass is 226 g/mol. The molecule has 0 saturated heterocycles. The Labute approximate surface area is 99.8 Å². The molecule has 0 aromatic heterocycles. The van der Waals surface area contributed by atoms with Crippen LogP contribution in [0.25, 0.3) is 0 Å². The van der Waals surface area contributed by atoms with Crippen LogP contribution in [0.2, 0.25) is 0 Å². The number of carbonyl (C=O) groups is 1. The summed E-state index contributed by atoms with van der Waals surface area (Å²) >= 11 is 0. The average Bonchev–Trinajstić information content (AvgIpc) is 2.25. The summed E-state index contributed by atoms with van der Waals surface area (Å²) in [5.74, 6) is 2.69. The molecule has 2 heteroatoms. The summed E-state index contributed by atoms with van der Waals surface area (Å²) < 4.78 is 5.33. The molecule has 1 aliphatic rings. The van der Waals surface area contributed by atoms with Crippen molar-refractivity contribution >= 4 is 5.78 Å². The van der Waals surface area contributed by atoms with Gasteiger partial charge in [-0.2, -0.15) is 0 Å². The van der Waals surface area contributed by atoms with E-state index in [1.807, 2.05) is 0 Å². The fraction of sp³-hybridized carbons (Fsp3) is 0.929. The Morgan fingerprint density at radius 2 is 1.94 bits per heavy atom. The Morgan fingerprint density at radius 3 is 2.50 bits per heavy atom. The normalized spacial score (nSPS) is 27.7. The van der Waals surface area contributed by atoms with Crippen molar-refractivity contribution in [3.05, 3.63) is 0 Å². The van der Waals surface area contributed by atoms with Gasteiger partial charge in [0.05, 0.1) is 0 Å². The van der Waals surface area contributed by atoms with Crippen molar-refractivity contribution in [2.24, 2.45) is 17.8 Å². The van der Waals surface area contributed by atoms with Gasteiger partial charge in [0.2, 0.25) is 0 Å². The number of ketones is 1. The number of rotatable bonds is 6. The van der Waals surface area contributed by atoms with E-state index in [9.17, 15) is 4.79 Å². The lowest BCUT2D eigenvalue weighted by Crippen LogP contribution is -2.20. The van der Waals surface area contributed by atoms with Crippen molar-refractivity contribution in [1.29, 1.82) is 0 Å². The van der Waals surface area contributed by atoms with Gasteiger partial charge in [-0.3, -0.25) is 4.79 Å². The summed E-state index contributed by atoms with van der Waals surface area (Å²) in [5, 5.41) is 0. The Hall–Kier alpha value is -0.370. The van der Waals surface area contributed by atoms with Gasteiger partial charge < -0.3 is 4.74 Å². The standard InChI is InChI=1S/C14H26O2/c1-11-4-6-14(7-5-11)12(2)8-9-16-10-13(3)15/h11-12,14H,4-10H2,1-3H3. The molecule has 0 amide bonds. The zero-order valence-electron chi connectivity index (χ0n) is 11.0. The van der Waals surface area contributed by atoms with Gasteiger partial charge in [0.15, 0.2) is 5.78 Å². The summed E-state index contributed by atoms with van der Waals surface area (Å²) in [4.78, 5) is 10.7. The highest BCUT2D eigenvalue weighted by Crippen LogP contribution is 2.34. The zero-order valence-corrected chi connectivity index (χ0v) is 11.0. The highest BCUT2D eigenvalue weighted by molar-refractivity contribution is 5.76. The second-order valence-electron chi connectivity index (χ2n) is 5.54. The highest BCUT2D eigenvalue weighted by Gasteiger charge is 2.22. The van der Waals surface area contributed by atoms with Gasteiger partial charge in [-0.25, -0.2) is 0 Å². The van der Waals surface area contributed by atoms with Crippen molar-refractivity contribution in [2.75, 3.05) is 13.2 Å². The number of Topliss-reactive ketones (excluding diaryl/α,β-unsaturated/α-hetero) is 1. The van der Waals surface area contributed by atoms with Gasteiger partial charge in [-0.1, -0.05) is 26.7 Å². The smallest absolute Gasteiger partial charge is 0.155 e. The molecule has 1 rings (SSSR count). The van der Waals surface area contributed by atoms with Crippen molar-refractivity contribution in [2.45, 2.75) is 52.9 Å². The largest absolute Gasteiger partial charge is 0.374 e. The van der Waals surface area contributed by atoms with Crippen LogP contribution < -0.4 is 0 Å². The van der Waals surface area contributed by atoms with E-state index in [1.165, 1.54) is 25.7 Å². The molecule has 94 valence electrons. The van der Waals surface area contributed by atoms with E-state index >= 15 is 0 Å². The predicted molar refractivity (Wildman–Crippen MR) is 66.4 cm³/mol. The van der Waals surface area contributed by atoms with E-state index in [-0.39, 0.29) is 12.4 Å². The first-order valence-corrected chi connectivity index (χ1v) is 6.66. The number of hydrogen-bond acceptors (Lipinski definition) is 2. The summed E-state index contributed by atoms with van der Waals surface area (Å²) in [6.07, 6.45) is 6.66. The minimum Gasteiger partial charge on any atom is -0.374 e. The van der Waals surface area contributed by atoms with Gasteiger partial charge in [-0.15, -0.1) is 0 Å². The molecule has 1 atom stereocenters. The van der Waals surface area contributed by atoms with Crippen LogP contribution in [0, 0.1) is 17.8 Å². The van der Waals surface area contributed by atoms with Gasteiger partial charge in [0, 0.05) is 6.61 Å². The minimum absolute atomic E-state index is 0.124. The molecule has 0 spiro atoms. The van der Waals surface area contributed by atoms with Gasteiger partial charge in [0.25, 0.3) is 0 Å². The maximum atomic E-state index is 10.7. The third kappa shape index (κ3) is 5.11. The Morgan fingerprint density at radius 1 is 1.31 bits per heavy atom. The lowest BCUT2D eigenvalue weighted by molar-refractivity contribution is -0.121. The van der Waals surface area contributed by atoms with Crippen molar-refractivity contribution in [3.8, 4) is 0 Å². The van der Waals surface area contributed by atoms with Gasteiger partial charge in [0.1, 0.15) is 6.61 Å². The van der Waals surface area contributed by atoms with E-state index in [2.05, 4.69) is 13.8 Å². The van der Waals surface area contributed by atoms with Crippen LogP contribution in [0.1, 0.15) is 52.9 Å². The molecule has 0 N–H and O–H groups in total. The van der Waals surface area contributed by atoms with Crippen molar-refractivity contribution in [1.82, 2.24) is 0 Å². The molecule has 1 fully saturated rings. The molecule has 16 heavy (non-hydrogen) atoms. The molecule has 2 nitrogen and oxygen atoms in total. The van der Waals surface area contributed by atoms with Crippen LogP contribution >= 0.6 is 0 Å². The fourth-order valence-corrected chi connectivity index (χ4v) is 2.58. The van der Waals surface area contributed by atoms with E-state index in [4.69, 9.17) is 4.74 Å². The molecule has 0 aromatic carbocycles. The maximum absolute atomic E-state index is 10.7. The zero-order chi connectivity index (χ0) is 12.0. The van der Waals surface area contributed by atoms with Crippen LogP contribution in [0.3, 0.4) is 0 Å². The molecule has 0 aromatic rings. The van der Waals surface area contributed by atoms with E-state index < -0.39 is 0 Å². The topological polar surface area (TPSA) is 26.3 Å². The van der Waals surface area contributed by atoms with Crippen LogP contribution in [-0.2, 0) is 9.53 Å². The minimum atomic E-state index is 0.124. The van der Waals surface area contributed by atoms with Crippen LogP contribution in [0.5, 0.6) is 0 Å². The molecule has 0 aliphatic heterocycles. The first kappa shape index (κ1) is 13.7. The second-order valence-corrected chi connectivity index (χ2v) is 5.54. The van der Waals surface area contributed by atoms with E-state index in [0.717, 1.165) is 30.8 Å². The molecule has 1 saturated carbocycles. The van der Waals surface area contributed by atoms with Gasteiger partial charge in [-0.05, 0) is 43.9 Å². The van der Waals surface area contributed by atoms with E-state index in [0.29, 0.717) is 0 Å². The number of hydrogen-bond donors (Lipinski definition) is 0. The Balaban J connectivity index is 2.10. The van der Waals surface area contributed by atoms with E-state index in [1.54, 1.807) is 6.92 Å². The highest BCUT2D eigenvalue weighted by atomic mass is 16.5. The first-order valence-electron chi connectivity index (χ1n) is 6.66. The lowest BCUT2D eigenvalue weighted by Gasteiger charge is -2.30. The molecule has 1 unspecified atom stereocenters. The molecule has 0 bridgehead atoms. The van der Waals surface area contributed by atoms with Crippen LogP contribution in [0.4, 0.5) is 0 Å². The summed E-state index contributed by atoms with van der Waals surface area (Å²) in [6, 6.07) is 0. The predicted octanol–water partition coefficient (Wildman–Crippen LogP) is 3.44. The molecule has 1 aliphatic carbocycles. The maximum Gasteiger partial charge on any atom is 0.155 e. The lowest BCUT2D eigenvalue weighted by atomic mass is 9.76. The average molecular weight is 226 g/mol. The second kappa shape index (κ2) is 7.05. The van der Waals surface area contributed by atoms with Gasteiger partial charge >= 0.3 is 0 Å². The number of carbonyl (C=O) groups excluding carboxylic acids is 1. The van der Waals surface area contributed by atoms with Crippen molar-refractivity contribution < 1.29 is 9.53 Å². The summed E-state index contributed by atoms with van der Waals surface area (Å²) in [7, 11) is 0. The molecular weight excluding hydrogens is 200 g/mol. The quantitative estimate of drug-likeness (QED) is 0.648. The van der Waals surface area contributed by atoms with Crippen LogP contribution in [-0.4, -0.2) is 19.0 Å². The van der Waals surface area contributed by atoms with Crippen LogP contribution in [0.15, 0.2) is 0 Å². The summed E-state index contributed by atoms with van der Waals surface area (Å²) in [5.41, 5.74) is 0. The fourth-order valence-electron chi connectivity index (χ4n) is 2.58. The third-order valence-corrected chi connectivity index (χ3v) is 3.89. The first-order chi connectivity index (χ1) is 7.59. The molecule has 0 radical (unpaired) electrons. The molecule has 0 heterocycles. The molecular formula is C14H26O2. The van der Waals surface area contributed by atoms with Crippen molar-refractivity contribution in [3.63, 3.8) is 0 Å². The Bertz CT molecular complexity index is 205. The Kier molecular flexibility index (Phi) is 6.04.